The number of halogens is 2. The van der Waals surface area contributed by atoms with Crippen molar-refractivity contribution in [1.29, 1.82) is 0 Å². The monoisotopic (exact) mass is 127 g/mol. The molecule has 1 unspecified atom stereocenters. The van der Waals surface area contributed by atoms with Gasteiger partial charge in [-0.2, -0.15) is 0 Å². The average Bonchev–Trinajstić information content (AvgIpc) is 1.90. The van der Waals surface area contributed by atoms with E-state index in [0.717, 1.165) is 0 Å². The van der Waals surface area contributed by atoms with Crippen molar-refractivity contribution < 1.29 is 8.78 Å². The summed E-state index contributed by atoms with van der Waals surface area (Å²) in [5, 5.41) is 0. The van der Waals surface area contributed by atoms with Crippen LogP contribution in [0.5, 0.6) is 0 Å². The zero-order valence-corrected chi connectivity index (χ0v) is 4.72. The Morgan fingerprint density at radius 1 is 1.00 bits per heavy atom. The molecule has 1 atom stereocenters. The molecule has 1 aromatic carbocycles. The molecule has 1 rings (SSSR count). The van der Waals surface area contributed by atoms with Gasteiger partial charge in [0.15, 0.2) is 0 Å². The van der Waals surface area contributed by atoms with Crippen LogP contribution in [0.4, 0.5) is 8.78 Å². The fourth-order valence-electron chi connectivity index (χ4n) is 0.599. The molecule has 1 aromatic rings. The van der Waals surface area contributed by atoms with Gasteiger partial charge in [-0.15, -0.1) is 0 Å². The van der Waals surface area contributed by atoms with Crippen LogP contribution < -0.4 is 0 Å². The van der Waals surface area contributed by atoms with E-state index >= 15 is 0 Å². The SMILES string of the molecule is FC([18F])c1ccccc1. The zero-order chi connectivity index (χ0) is 6.69. The van der Waals surface area contributed by atoms with Gasteiger partial charge in [-0.3, -0.25) is 0 Å². The Morgan fingerprint density at radius 3 is 1.89 bits per heavy atom. The van der Waals surface area contributed by atoms with E-state index in [0.29, 0.717) is 0 Å². The molecule has 0 radical (unpaired) electrons. The van der Waals surface area contributed by atoms with Crippen LogP contribution in [0.3, 0.4) is 0 Å². The molecule has 0 heterocycles. The van der Waals surface area contributed by atoms with Crippen LogP contribution in [0.2, 0.25) is 0 Å². The fraction of sp³-hybridized carbons (Fsp3) is 0.143. The molecule has 0 aliphatic heterocycles. The highest BCUT2D eigenvalue weighted by molar-refractivity contribution is 5.15. The van der Waals surface area contributed by atoms with Crippen molar-refractivity contribution >= 4 is 0 Å². The van der Waals surface area contributed by atoms with Crippen molar-refractivity contribution in [2.75, 3.05) is 0 Å². The predicted octanol–water partition coefficient (Wildman–Crippen LogP) is 2.62. The fourth-order valence-corrected chi connectivity index (χ4v) is 0.599. The molecule has 0 bridgehead atoms. The predicted molar refractivity (Wildman–Crippen MR) is 31.4 cm³/mol. The third-order valence-corrected chi connectivity index (χ3v) is 1.05. The molecule has 0 fully saturated rings. The van der Waals surface area contributed by atoms with Crippen LogP contribution >= 0.6 is 0 Å². The summed E-state index contributed by atoms with van der Waals surface area (Å²) < 4.78 is 23.5. The van der Waals surface area contributed by atoms with Gasteiger partial charge in [-0.05, 0) is 0 Å². The summed E-state index contributed by atoms with van der Waals surface area (Å²) in [5.41, 5.74) is 0.0810. The Bertz CT molecular complexity index is 170. The highest BCUT2D eigenvalue weighted by Crippen LogP contribution is 2.16. The van der Waals surface area contributed by atoms with E-state index in [-0.39, 0.29) is 5.56 Å². The Balaban J connectivity index is 2.85. The van der Waals surface area contributed by atoms with E-state index in [1.807, 2.05) is 0 Å². The van der Waals surface area contributed by atoms with Gasteiger partial charge in [0.2, 0.25) is 0 Å². The molecule has 0 aromatic heterocycles. The summed E-state index contributed by atoms with van der Waals surface area (Å²) in [4.78, 5) is 0. The number of benzene rings is 1. The van der Waals surface area contributed by atoms with E-state index in [1.165, 1.54) is 12.1 Å². The van der Waals surface area contributed by atoms with E-state index in [2.05, 4.69) is 0 Å². The largest absolute Gasteiger partial charge is 0.263 e. The third-order valence-electron chi connectivity index (χ3n) is 1.05. The van der Waals surface area contributed by atoms with Gasteiger partial charge in [-0.1, -0.05) is 30.3 Å². The molecular formula is C7H6F2. The lowest BCUT2D eigenvalue weighted by Crippen LogP contribution is -1.79. The molecule has 0 aliphatic rings. The Hall–Kier alpha value is -0.920. The summed E-state index contributed by atoms with van der Waals surface area (Å²) in [6.07, 6.45) is -2.34. The molecule has 0 nitrogen and oxygen atoms in total. The summed E-state index contributed by atoms with van der Waals surface area (Å²) in [5.74, 6) is 0. The second-order valence-corrected chi connectivity index (χ2v) is 1.71. The Kier molecular flexibility index (Phi) is 1.78. The first-order chi connectivity index (χ1) is 4.30. The maximum atomic E-state index is 11.8. The van der Waals surface area contributed by atoms with E-state index in [9.17, 15) is 8.78 Å². The Morgan fingerprint density at radius 2 is 1.56 bits per heavy atom. The lowest BCUT2D eigenvalue weighted by atomic mass is 10.2. The molecule has 0 aliphatic carbocycles. The van der Waals surface area contributed by atoms with Crippen LogP contribution in [-0.4, -0.2) is 0 Å². The van der Waals surface area contributed by atoms with Crippen molar-refractivity contribution in [2.45, 2.75) is 6.43 Å². The molecule has 0 saturated carbocycles. The van der Waals surface area contributed by atoms with E-state index in [4.69, 9.17) is 0 Å². The lowest BCUT2D eigenvalue weighted by Gasteiger charge is -1.94. The topological polar surface area (TPSA) is 0 Å². The molecule has 48 valence electrons. The van der Waals surface area contributed by atoms with Gasteiger partial charge in [0, 0.05) is 5.56 Å². The first kappa shape index (κ1) is 6.20. The molecule has 0 N–H and O–H groups in total. The number of rotatable bonds is 1. The first-order valence-corrected chi connectivity index (χ1v) is 2.64. The number of hydrogen-bond donors (Lipinski definition) is 0. The first-order valence-electron chi connectivity index (χ1n) is 2.64. The molecular weight excluding hydrogens is 121 g/mol. The second-order valence-electron chi connectivity index (χ2n) is 1.71. The van der Waals surface area contributed by atoms with Gasteiger partial charge < -0.3 is 0 Å². The van der Waals surface area contributed by atoms with Crippen LogP contribution in [-0.2, 0) is 0 Å². The molecule has 0 amide bonds. The Labute approximate surface area is 52.1 Å². The molecule has 0 spiro atoms. The second kappa shape index (κ2) is 2.58. The lowest BCUT2D eigenvalue weighted by molar-refractivity contribution is 0.151. The van der Waals surface area contributed by atoms with Gasteiger partial charge in [0.05, 0.1) is 0 Å². The smallest absolute Gasteiger partial charge is 0.205 e. The minimum Gasteiger partial charge on any atom is -0.205 e. The number of alkyl halides is 2. The summed E-state index contributed by atoms with van der Waals surface area (Å²) >= 11 is 0. The third kappa shape index (κ3) is 1.49. The van der Waals surface area contributed by atoms with Crippen LogP contribution in [0.1, 0.15) is 12.0 Å². The quantitative estimate of drug-likeness (QED) is 0.544. The highest BCUT2D eigenvalue weighted by atomic mass is 19.2. The summed E-state index contributed by atoms with van der Waals surface area (Å²) in [6, 6.07) is 7.73. The van der Waals surface area contributed by atoms with Crippen molar-refractivity contribution in [2.24, 2.45) is 0 Å². The summed E-state index contributed by atoms with van der Waals surface area (Å²) in [6.45, 7) is 0. The molecule has 9 heavy (non-hydrogen) atoms. The van der Waals surface area contributed by atoms with Gasteiger partial charge in [0.25, 0.3) is 6.43 Å². The van der Waals surface area contributed by atoms with Crippen LogP contribution in [0.15, 0.2) is 30.3 Å². The van der Waals surface area contributed by atoms with Crippen LogP contribution in [0, 0.1) is 0 Å². The van der Waals surface area contributed by atoms with E-state index in [1.54, 1.807) is 18.2 Å². The van der Waals surface area contributed by atoms with Gasteiger partial charge in [-0.25, -0.2) is 8.78 Å². The van der Waals surface area contributed by atoms with Crippen LogP contribution in [0.25, 0.3) is 0 Å². The van der Waals surface area contributed by atoms with Crippen molar-refractivity contribution in [1.82, 2.24) is 0 Å². The van der Waals surface area contributed by atoms with Gasteiger partial charge in [0.1, 0.15) is 0 Å². The average molecular weight is 127 g/mol. The van der Waals surface area contributed by atoms with Crippen molar-refractivity contribution in [3.05, 3.63) is 35.9 Å². The zero-order valence-electron chi connectivity index (χ0n) is 4.72. The van der Waals surface area contributed by atoms with E-state index < -0.39 is 6.43 Å². The normalized spacial score (nSPS) is 13.1. The highest BCUT2D eigenvalue weighted by Gasteiger charge is 2.02. The van der Waals surface area contributed by atoms with Gasteiger partial charge >= 0.3 is 0 Å². The maximum absolute atomic E-state index is 11.8. The molecule has 2 heteroatoms. The molecule has 0 saturated heterocycles. The van der Waals surface area contributed by atoms with Crippen molar-refractivity contribution in [3.8, 4) is 0 Å². The van der Waals surface area contributed by atoms with Crippen molar-refractivity contribution in [3.63, 3.8) is 0 Å². The minimum atomic E-state index is -2.34. The standard InChI is InChI=1S/C7H6F2/c8-7(9)6-4-2-1-3-5-6/h1-5,7H/i8-1. The maximum Gasteiger partial charge on any atom is 0.263 e. The minimum absolute atomic E-state index is 0.0810. The number of hydrogen-bond acceptors (Lipinski definition) is 0. The summed E-state index contributed by atoms with van der Waals surface area (Å²) in [7, 11) is 0.